The zero-order valence-electron chi connectivity index (χ0n) is 13.1. The summed E-state index contributed by atoms with van der Waals surface area (Å²) in [6, 6.07) is 1.09. The molecule has 0 bridgehead atoms. The van der Waals surface area contributed by atoms with Gasteiger partial charge in [-0.2, -0.15) is 0 Å². The van der Waals surface area contributed by atoms with E-state index in [1.807, 2.05) is 12.4 Å². The molecule has 2 atom stereocenters. The minimum atomic E-state index is 0.544. The fourth-order valence-electron chi connectivity index (χ4n) is 2.62. The highest BCUT2D eigenvalue weighted by molar-refractivity contribution is 5.37. The number of hydrogen-bond acceptors (Lipinski definition) is 5. The van der Waals surface area contributed by atoms with Gasteiger partial charge in [0.25, 0.3) is 0 Å². The van der Waals surface area contributed by atoms with Crippen molar-refractivity contribution in [1.82, 2.24) is 20.2 Å². The summed E-state index contributed by atoms with van der Waals surface area (Å²) in [4.78, 5) is 13.9. The standard InChI is InChI=1S/C15H27N5/c1-5-6-16-7-14-8-17-9-15(18-14)20-10-12(2)19(4)13(3)11-20/h8-9,12-13,16H,5-7,10-11H2,1-4H3. The number of likely N-dealkylation sites (N-methyl/N-ethyl adjacent to an activating group) is 1. The molecule has 0 saturated carbocycles. The fraction of sp³-hybridized carbons (Fsp3) is 0.733. The SMILES string of the molecule is CCCNCc1cncc(N2CC(C)N(C)C(C)C2)n1. The number of hydrogen-bond donors (Lipinski definition) is 1. The average molecular weight is 277 g/mol. The molecular formula is C15H27N5. The van der Waals surface area contributed by atoms with E-state index < -0.39 is 0 Å². The quantitative estimate of drug-likeness (QED) is 0.827. The van der Waals surface area contributed by atoms with E-state index in [0.717, 1.165) is 44.1 Å². The van der Waals surface area contributed by atoms with E-state index in [2.05, 4.69) is 47.9 Å². The molecule has 0 aromatic carbocycles. The van der Waals surface area contributed by atoms with Crippen LogP contribution in [0.1, 0.15) is 32.9 Å². The van der Waals surface area contributed by atoms with Gasteiger partial charge in [0.2, 0.25) is 0 Å². The summed E-state index contributed by atoms with van der Waals surface area (Å²) >= 11 is 0. The molecule has 2 unspecified atom stereocenters. The Labute approximate surface area is 122 Å². The zero-order valence-corrected chi connectivity index (χ0v) is 13.1. The Bertz CT molecular complexity index is 410. The van der Waals surface area contributed by atoms with Gasteiger partial charge in [-0.05, 0) is 33.9 Å². The molecule has 0 radical (unpaired) electrons. The van der Waals surface area contributed by atoms with E-state index in [1.54, 1.807) is 0 Å². The first kappa shape index (κ1) is 15.2. The zero-order chi connectivity index (χ0) is 14.5. The minimum absolute atomic E-state index is 0.544. The van der Waals surface area contributed by atoms with Crippen LogP contribution in [-0.4, -0.2) is 53.6 Å². The highest BCUT2D eigenvalue weighted by atomic mass is 15.3. The number of aromatic nitrogens is 2. The Morgan fingerprint density at radius 2 is 1.95 bits per heavy atom. The van der Waals surface area contributed by atoms with Gasteiger partial charge in [0, 0.05) is 37.9 Å². The molecule has 5 nitrogen and oxygen atoms in total. The van der Waals surface area contributed by atoms with Crippen LogP contribution in [-0.2, 0) is 6.54 Å². The first-order chi connectivity index (χ1) is 9.61. The van der Waals surface area contributed by atoms with Crippen molar-refractivity contribution < 1.29 is 0 Å². The van der Waals surface area contributed by atoms with E-state index in [0.29, 0.717) is 12.1 Å². The second-order valence-corrected chi connectivity index (χ2v) is 5.81. The van der Waals surface area contributed by atoms with Gasteiger partial charge in [-0.1, -0.05) is 6.92 Å². The van der Waals surface area contributed by atoms with E-state index in [4.69, 9.17) is 4.98 Å². The summed E-state index contributed by atoms with van der Waals surface area (Å²) in [5, 5.41) is 3.38. The van der Waals surface area contributed by atoms with Crippen LogP contribution in [0, 0.1) is 0 Å². The first-order valence-electron chi connectivity index (χ1n) is 7.60. The summed E-state index contributed by atoms with van der Waals surface area (Å²) in [5.41, 5.74) is 1.02. The lowest BCUT2D eigenvalue weighted by Gasteiger charge is -2.42. The molecule has 2 rings (SSSR count). The highest BCUT2D eigenvalue weighted by Crippen LogP contribution is 2.19. The Hall–Kier alpha value is -1.20. The second-order valence-electron chi connectivity index (χ2n) is 5.81. The van der Waals surface area contributed by atoms with Crippen molar-refractivity contribution in [3.05, 3.63) is 18.1 Å². The van der Waals surface area contributed by atoms with Gasteiger partial charge in [0.1, 0.15) is 5.82 Å². The van der Waals surface area contributed by atoms with Crippen molar-refractivity contribution in [3.63, 3.8) is 0 Å². The Morgan fingerprint density at radius 3 is 2.60 bits per heavy atom. The van der Waals surface area contributed by atoms with Crippen LogP contribution < -0.4 is 10.2 Å². The summed E-state index contributed by atoms with van der Waals surface area (Å²) in [7, 11) is 2.20. The normalized spacial score (nSPS) is 24.1. The molecule has 0 spiro atoms. The number of nitrogens with one attached hydrogen (secondary N) is 1. The van der Waals surface area contributed by atoms with Gasteiger partial charge >= 0.3 is 0 Å². The Morgan fingerprint density at radius 1 is 1.25 bits per heavy atom. The van der Waals surface area contributed by atoms with Gasteiger partial charge < -0.3 is 10.2 Å². The third kappa shape index (κ3) is 3.67. The van der Waals surface area contributed by atoms with Crippen molar-refractivity contribution in [3.8, 4) is 0 Å². The smallest absolute Gasteiger partial charge is 0.147 e. The molecule has 1 aliphatic rings. The summed E-state index contributed by atoms with van der Waals surface area (Å²) < 4.78 is 0. The van der Waals surface area contributed by atoms with Crippen molar-refractivity contribution >= 4 is 5.82 Å². The van der Waals surface area contributed by atoms with E-state index in [1.165, 1.54) is 0 Å². The average Bonchev–Trinajstić information content (AvgIpc) is 2.45. The van der Waals surface area contributed by atoms with Crippen LogP contribution in [0.3, 0.4) is 0 Å². The minimum Gasteiger partial charge on any atom is -0.352 e. The van der Waals surface area contributed by atoms with Crippen molar-refractivity contribution in [1.29, 1.82) is 0 Å². The maximum atomic E-state index is 4.74. The largest absolute Gasteiger partial charge is 0.352 e. The second kappa shape index (κ2) is 6.99. The number of piperazine rings is 1. The van der Waals surface area contributed by atoms with Gasteiger partial charge in [-0.25, -0.2) is 4.98 Å². The Kier molecular flexibility index (Phi) is 5.31. The third-order valence-corrected chi connectivity index (χ3v) is 4.09. The van der Waals surface area contributed by atoms with Crippen molar-refractivity contribution in [2.75, 3.05) is 31.6 Å². The van der Waals surface area contributed by atoms with Gasteiger partial charge in [-0.3, -0.25) is 9.88 Å². The maximum Gasteiger partial charge on any atom is 0.147 e. The molecule has 1 aromatic heterocycles. The molecule has 1 aliphatic heterocycles. The summed E-state index contributed by atoms with van der Waals surface area (Å²) in [6.07, 6.45) is 4.88. The predicted octanol–water partition coefficient (Wildman–Crippen LogP) is 1.50. The lowest BCUT2D eigenvalue weighted by atomic mass is 10.1. The van der Waals surface area contributed by atoms with Gasteiger partial charge in [0.15, 0.2) is 0 Å². The van der Waals surface area contributed by atoms with Crippen LogP contribution in [0.5, 0.6) is 0 Å². The number of anilines is 1. The van der Waals surface area contributed by atoms with Crippen LogP contribution in [0.4, 0.5) is 5.82 Å². The molecule has 20 heavy (non-hydrogen) atoms. The number of nitrogens with zero attached hydrogens (tertiary/aromatic N) is 4. The first-order valence-corrected chi connectivity index (χ1v) is 7.60. The van der Waals surface area contributed by atoms with E-state index in [9.17, 15) is 0 Å². The fourth-order valence-corrected chi connectivity index (χ4v) is 2.62. The Balaban J connectivity index is 2.03. The lowest BCUT2D eigenvalue weighted by Crippen LogP contribution is -2.55. The number of rotatable bonds is 5. The third-order valence-electron chi connectivity index (χ3n) is 4.09. The van der Waals surface area contributed by atoms with Crippen molar-refractivity contribution in [2.24, 2.45) is 0 Å². The molecule has 5 heteroatoms. The van der Waals surface area contributed by atoms with Crippen LogP contribution in [0.2, 0.25) is 0 Å². The highest BCUT2D eigenvalue weighted by Gasteiger charge is 2.27. The predicted molar refractivity (Wildman–Crippen MR) is 82.9 cm³/mol. The molecule has 1 aromatic rings. The van der Waals surface area contributed by atoms with Crippen LogP contribution in [0.25, 0.3) is 0 Å². The van der Waals surface area contributed by atoms with Gasteiger partial charge in [-0.15, -0.1) is 0 Å². The van der Waals surface area contributed by atoms with Crippen LogP contribution in [0.15, 0.2) is 12.4 Å². The van der Waals surface area contributed by atoms with Crippen molar-refractivity contribution in [2.45, 2.75) is 45.8 Å². The van der Waals surface area contributed by atoms with Crippen LogP contribution >= 0.6 is 0 Å². The maximum absolute atomic E-state index is 4.74. The molecule has 1 fully saturated rings. The molecule has 112 valence electrons. The van der Waals surface area contributed by atoms with Gasteiger partial charge in [0.05, 0.1) is 11.9 Å². The molecular weight excluding hydrogens is 250 g/mol. The molecule has 2 heterocycles. The topological polar surface area (TPSA) is 44.3 Å². The molecule has 0 amide bonds. The molecule has 1 saturated heterocycles. The lowest BCUT2D eigenvalue weighted by molar-refractivity contribution is 0.169. The summed E-state index contributed by atoms with van der Waals surface area (Å²) in [5.74, 6) is 1.01. The monoisotopic (exact) mass is 277 g/mol. The van der Waals surface area contributed by atoms with E-state index in [-0.39, 0.29) is 0 Å². The molecule has 0 aliphatic carbocycles. The van der Waals surface area contributed by atoms with E-state index >= 15 is 0 Å². The summed E-state index contributed by atoms with van der Waals surface area (Å²) in [6.45, 7) is 10.6. The molecule has 1 N–H and O–H groups in total.